The Morgan fingerprint density at radius 1 is 0.591 bits per heavy atom. The van der Waals surface area contributed by atoms with Crippen molar-refractivity contribution < 1.29 is 104 Å². The third kappa shape index (κ3) is 29.2. The number of rotatable bonds is 51. The highest BCUT2D eigenvalue weighted by Gasteiger charge is 2.60. The Bertz CT molecular complexity index is 1840. The number of carboxylic acids is 1. The Labute approximate surface area is 524 Å². The number of nitrogens with one attached hydrogen (secondary N) is 2. The molecule has 2 amide bonds. The molecule has 3 aliphatic heterocycles. The first-order valence-electron chi connectivity index (χ1n) is 34.1. The maximum atomic E-state index is 13.4. The summed E-state index contributed by atoms with van der Waals surface area (Å²) in [6.07, 6.45) is 14.2. The summed E-state index contributed by atoms with van der Waals surface area (Å²) < 4.78 is 34.7. The van der Waals surface area contributed by atoms with Crippen molar-refractivity contribution in [2.45, 2.75) is 355 Å². The van der Waals surface area contributed by atoms with Crippen LogP contribution in [0.1, 0.15) is 245 Å². The van der Waals surface area contributed by atoms with E-state index in [0.717, 1.165) is 51.9 Å². The second-order valence-electron chi connectivity index (χ2n) is 25.0. The third-order valence-electron chi connectivity index (χ3n) is 17.5. The number of aliphatic carboxylic acids is 1. The SMILES string of the molecule is CCCCCCCCCCC/C=C/C(O)C(COC1OC(CO)C(OC2OC(CO)C(O)C(OC3(C(=O)O)CC(O)C(NC(C)=O)C(C(O)C(O)CO)O3)C2O)C(O)C1O)NC(=O)CCCCCCCCCCCCCCCCCCCCCCCCC. The molecule has 14 N–H and O–H groups in total. The molecule has 0 bridgehead atoms. The molecular weight excluding hydrogens is 1140 g/mol. The molecule has 3 saturated heterocycles. The van der Waals surface area contributed by atoms with Gasteiger partial charge in [-0.3, -0.25) is 9.59 Å². The maximum Gasteiger partial charge on any atom is 0.364 e. The molecule has 23 nitrogen and oxygen atoms in total. The Hall–Kier alpha value is -2.53. The summed E-state index contributed by atoms with van der Waals surface area (Å²) in [7, 11) is 0. The van der Waals surface area contributed by atoms with Gasteiger partial charge in [-0.15, -0.1) is 0 Å². The number of carboxylic acid groups (broad SMARTS) is 1. The summed E-state index contributed by atoms with van der Waals surface area (Å²) in [5.41, 5.74) is 0. The van der Waals surface area contributed by atoms with Crippen LogP contribution >= 0.6 is 0 Å². The fourth-order valence-electron chi connectivity index (χ4n) is 12.0. The molecule has 3 heterocycles. The van der Waals surface area contributed by atoms with Crippen molar-refractivity contribution in [1.82, 2.24) is 10.6 Å². The van der Waals surface area contributed by atoms with Crippen molar-refractivity contribution in [3.8, 4) is 0 Å². The highest BCUT2D eigenvalue weighted by Crippen LogP contribution is 2.39. The number of unbranched alkanes of at least 4 members (excludes halogenated alkanes) is 31. The van der Waals surface area contributed by atoms with E-state index in [0.29, 0.717) is 12.8 Å². The minimum atomic E-state index is -3.08. The lowest BCUT2D eigenvalue weighted by Gasteiger charge is -2.50. The number of amides is 2. The van der Waals surface area contributed by atoms with E-state index in [2.05, 4.69) is 24.5 Å². The highest BCUT2D eigenvalue weighted by molar-refractivity contribution is 5.77. The summed E-state index contributed by atoms with van der Waals surface area (Å²) in [6, 6.07) is -2.61. The van der Waals surface area contributed by atoms with Crippen LogP contribution in [0.2, 0.25) is 0 Å². The van der Waals surface area contributed by atoms with E-state index in [9.17, 15) is 75.7 Å². The van der Waals surface area contributed by atoms with Crippen molar-refractivity contribution in [3.63, 3.8) is 0 Å². The predicted molar refractivity (Wildman–Crippen MR) is 329 cm³/mol. The number of carbonyl (C=O) groups excluding carboxylic acids is 2. The number of hydrogen-bond acceptors (Lipinski definition) is 20. The van der Waals surface area contributed by atoms with Crippen LogP contribution in [-0.2, 0) is 42.8 Å². The van der Waals surface area contributed by atoms with E-state index in [1.54, 1.807) is 6.08 Å². The molecule has 0 aromatic heterocycles. The highest BCUT2D eigenvalue weighted by atomic mass is 16.8. The molecule has 3 aliphatic rings. The molecule has 3 fully saturated rings. The molecule has 18 unspecified atom stereocenters. The van der Waals surface area contributed by atoms with Gasteiger partial charge in [0.2, 0.25) is 11.8 Å². The normalized spacial score (nSPS) is 29.0. The largest absolute Gasteiger partial charge is 0.477 e. The predicted octanol–water partition coefficient (Wildman–Crippen LogP) is 5.51. The standard InChI is InChI=1S/C65H120N2O21/c1-4-6-8-10-12-14-16-17-18-19-20-21-22-23-24-25-26-27-29-31-33-35-37-39-52(75)67-46(47(72)38-36-34-32-30-28-15-13-11-9-7-5-2)44-83-62-57(79)56(78)59(51(43-70)85-62)86-63-58(80)61(55(77)50(42-69)84-63)88-65(64(81)82)40-48(73)53(66-45(3)71)60(87-65)54(76)49(74)41-68/h36,38,46-51,53-63,68-70,72-74,76-80H,4-35,37,39-44H2,1-3H3,(H,66,71)(H,67,75)(H,81,82)/b38-36+. The molecule has 18 atom stereocenters. The number of hydrogen-bond donors (Lipinski definition) is 14. The molecule has 0 aromatic rings. The van der Waals surface area contributed by atoms with E-state index in [4.69, 9.17) is 28.4 Å². The van der Waals surface area contributed by atoms with E-state index in [-0.39, 0.29) is 12.3 Å². The van der Waals surface area contributed by atoms with E-state index in [1.165, 1.54) is 154 Å². The summed E-state index contributed by atoms with van der Waals surface area (Å²) in [5, 5.41) is 136. The van der Waals surface area contributed by atoms with E-state index in [1.807, 2.05) is 6.08 Å². The lowest BCUT2D eigenvalue weighted by Crippen LogP contribution is -2.70. The first-order valence-corrected chi connectivity index (χ1v) is 34.1. The molecule has 516 valence electrons. The zero-order chi connectivity index (χ0) is 64.7. The lowest BCUT2D eigenvalue weighted by molar-refractivity contribution is -0.386. The number of carbonyl (C=O) groups is 3. The van der Waals surface area contributed by atoms with Gasteiger partial charge < -0.3 is 100 Å². The Morgan fingerprint density at radius 2 is 1.06 bits per heavy atom. The van der Waals surface area contributed by atoms with Crippen molar-refractivity contribution in [3.05, 3.63) is 12.2 Å². The van der Waals surface area contributed by atoms with Crippen LogP contribution in [-0.4, -0.2) is 215 Å². The van der Waals surface area contributed by atoms with Gasteiger partial charge in [0.25, 0.3) is 5.79 Å². The maximum absolute atomic E-state index is 13.4. The first kappa shape index (κ1) is 79.7. The van der Waals surface area contributed by atoms with Gasteiger partial charge in [-0.1, -0.05) is 219 Å². The van der Waals surface area contributed by atoms with E-state index >= 15 is 0 Å². The van der Waals surface area contributed by atoms with Gasteiger partial charge in [0.05, 0.1) is 50.7 Å². The van der Waals surface area contributed by atoms with Gasteiger partial charge in [0, 0.05) is 19.8 Å². The molecule has 0 spiro atoms. The van der Waals surface area contributed by atoms with E-state index < -0.39 is 155 Å². The molecule has 0 aromatic carbocycles. The van der Waals surface area contributed by atoms with Crippen LogP contribution in [0.4, 0.5) is 0 Å². The average Bonchev–Trinajstić information content (AvgIpc) is 3.69. The monoisotopic (exact) mass is 1260 g/mol. The number of aliphatic hydroxyl groups excluding tert-OH is 11. The van der Waals surface area contributed by atoms with Crippen LogP contribution in [0.5, 0.6) is 0 Å². The van der Waals surface area contributed by atoms with Gasteiger partial charge in [-0.2, -0.15) is 0 Å². The van der Waals surface area contributed by atoms with Gasteiger partial charge in [-0.25, -0.2) is 4.79 Å². The fourth-order valence-corrected chi connectivity index (χ4v) is 12.0. The van der Waals surface area contributed by atoms with Gasteiger partial charge in [-0.05, 0) is 19.3 Å². The average molecular weight is 1270 g/mol. The minimum Gasteiger partial charge on any atom is -0.477 e. The molecule has 23 heteroatoms. The summed E-state index contributed by atoms with van der Waals surface area (Å²) in [4.78, 5) is 38.5. The van der Waals surface area contributed by atoms with Crippen molar-refractivity contribution in [1.29, 1.82) is 0 Å². The second kappa shape index (κ2) is 46.5. The van der Waals surface area contributed by atoms with Crippen molar-refractivity contribution >= 4 is 17.8 Å². The molecule has 0 aliphatic carbocycles. The summed E-state index contributed by atoms with van der Waals surface area (Å²) >= 11 is 0. The molecule has 3 rings (SSSR count). The van der Waals surface area contributed by atoms with Crippen molar-refractivity contribution in [2.24, 2.45) is 0 Å². The smallest absolute Gasteiger partial charge is 0.364 e. The third-order valence-corrected chi connectivity index (χ3v) is 17.5. The minimum absolute atomic E-state index is 0.205. The first-order chi connectivity index (χ1) is 42.4. The van der Waals surface area contributed by atoms with Gasteiger partial charge in [0.1, 0.15) is 67.1 Å². The van der Waals surface area contributed by atoms with Crippen molar-refractivity contribution in [2.75, 3.05) is 26.4 Å². The molecule has 0 saturated carbocycles. The zero-order valence-electron chi connectivity index (χ0n) is 53.6. The molecule has 0 radical (unpaired) electrons. The van der Waals surface area contributed by atoms with Crippen LogP contribution in [0.25, 0.3) is 0 Å². The van der Waals surface area contributed by atoms with Crippen LogP contribution < -0.4 is 10.6 Å². The molecule has 88 heavy (non-hydrogen) atoms. The zero-order valence-corrected chi connectivity index (χ0v) is 53.6. The number of allylic oxidation sites excluding steroid dienone is 1. The second-order valence-corrected chi connectivity index (χ2v) is 25.0. The quantitative estimate of drug-likeness (QED) is 0.0264. The van der Waals surface area contributed by atoms with Crippen LogP contribution in [0.15, 0.2) is 12.2 Å². The fraction of sp³-hybridized carbons (Fsp3) is 0.923. The van der Waals surface area contributed by atoms with Gasteiger partial charge >= 0.3 is 5.97 Å². The lowest BCUT2D eigenvalue weighted by atomic mass is 9.88. The summed E-state index contributed by atoms with van der Waals surface area (Å²) in [6.45, 7) is 2.12. The number of aliphatic hydroxyl groups is 11. The van der Waals surface area contributed by atoms with Crippen LogP contribution in [0.3, 0.4) is 0 Å². The topological polar surface area (TPSA) is 373 Å². The van der Waals surface area contributed by atoms with Crippen LogP contribution in [0, 0.1) is 0 Å². The summed E-state index contributed by atoms with van der Waals surface area (Å²) in [5.74, 6) is -6.14. The van der Waals surface area contributed by atoms with Gasteiger partial charge in [0.15, 0.2) is 12.6 Å². The Morgan fingerprint density at radius 3 is 1.51 bits per heavy atom. The Kier molecular flexibility index (Phi) is 42.1. The Balaban J connectivity index is 1.57. The number of ether oxygens (including phenoxy) is 6. The molecular formula is C65H120N2O21.